The average molecular weight is 1450 g/mol. The van der Waals surface area contributed by atoms with Crippen molar-refractivity contribution in [2.45, 2.75) is 127 Å². The number of Topliss-reactive ketones (excluding diaryl/α,β-unsaturated/α-hetero) is 4. The minimum absolute atomic E-state index is 0.0435. The summed E-state index contributed by atoms with van der Waals surface area (Å²) in [4.78, 5) is 90.4. The predicted octanol–water partition coefficient (Wildman–Crippen LogP) is 19.8. The van der Waals surface area contributed by atoms with Crippen LogP contribution in [0.2, 0.25) is 0 Å². The smallest absolute Gasteiger partial charge is 0.419 e. The normalized spacial score (nSPS) is 11.2. The summed E-state index contributed by atoms with van der Waals surface area (Å²) < 4.78 is 47.8. The summed E-state index contributed by atoms with van der Waals surface area (Å²) in [6, 6.07) is 58.9. The quantitative estimate of drug-likeness (QED) is 0.0461. The van der Waals surface area contributed by atoms with Gasteiger partial charge < -0.3 is 53.0 Å². The van der Waals surface area contributed by atoms with E-state index in [2.05, 4.69) is 28.2 Å². The van der Waals surface area contributed by atoms with E-state index in [0.717, 1.165) is 39.0 Å². The molecule has 3 N–H and O–H groups in total. The van der Waals surface area contributed by atoms with Gasteiger partial charge in [0.15, 0.2) is 29.9 Å². The number of H-pyrrole nitrogens is 2. The highest BCUT2D eigenvalue weighted by molar-refractivity contribution is 6.11. The van der Waals surface area contributed by atoms with Crippen LogP contribution in [0.4, 0.5) is 14.4 Å². The summed E-state index contributed by atoms with van der Waals surface area (Å²) in [6.45, 7) is 23.7. The van der Waals surface area contributed by atoms with Crippen molar-refractivity contribution in [3.8, 4) is 28.7 Å². The molecular weight excluding hydrogens is 1360 g/mol. The van der Waals surface area contributed by atoms with Gasteiger partial charge in [0.1, 0.15) is 65.4 Å². The second-order valence-corrected chi connectivity index (χ2v) is 28.0. The maximum absolute atomic E-state index is 12.5. The monoisotopic (exact) mass is 1450 g/mol. The lowest BCUT2D eigenvalue weighted by Gasteiger charge is -2.19. The molecule has 0 saturated carbocycles. The van der Waals surface area contributed by atoms with Crippen LogP contribution in [0, 0.1) is 0 Å². The second-order valence-electron chi connectivity index (χ2n) is 28.0. The molecule has 0 aliphatic heterocycles. The maximum atomic E-state index is 12.5. The maximum Gasteiger partial charge on any atom is 0.419 e. The van der Waals surface area contributed by atoms with E-state index in [1.165, 1.54) is 83.3 Å². The number of carbonyl (C=O) groups is 7. The number of carbonyl (C=O) groups excluding carboxylic acids is 7. The van der Waals surface area contributed by atoms with Gasteiger partial charge in [-0.05, 0) is 204 Å². The molecule has 5 aromatic heterocycles. The zero-order valence-corrected chi connectivity index (χ0v) is 62.5. The van der Waals surface area contributed by atoms with Crippen molar-refractivity contribution in [2.24, 2.45) is 0 Å². The van der Waals surface area contributed by atoms with Crippen LogP contribution in [-0.2, 0) is 38.8 Å². The van der Waals surface area contributed by atoms with Gasteiger partial charge in [-0.2, -0.15) is 0 Å². The van der Waals surface area contributed by atoms with Gasteiger partial charge in [0.2, 0.25) is 0 Å². The number of methoxy groups -OCH3 is 1. The minimum Gasteiger partial charge on any atom is -0.508 e. The lowest BCUT2D eigenvalue weighted by molar-refractivity contribution is 0.0510. The molecule has 5 heterocycles. The summed E-state index contributed by atoms with van der Waals surface area (Å²) >= 11 is 0. The van der Waals surface area contributed by atoms with Gasteiger partial charge in [-0.15, -0.1) is 0 Å². The fourth-order valence-corrected chi connectivity index (χ4v) is 11.0. The molecular formula is C86H89N5O16. The number of phenolic OH excluding ortho intramolecular Hbond substituents is 1. The van der Waals surface area contributed by atoms with Crippen LogP contribution in [0.25, 0.3) is 54.5 Å². The number of hydrogen-bond acceptors (Lipinski definition) is 16. The van der Waals surface area contributed by atoms with Gasteiger partial charge in [0.25, 0.3) is 0 Å². The lowest BCUT2D eigenvalue weighted by atomic mass is 10.1. The lowest BCUT2D eigenvalue weighted by Crippen LogP contribution is -2.26. The van der Waals surface area contributed by atoms with Crippen molar-refractivity contribution in [1.29, 1.82) is 0 Å². The summed E-state index contributed by atoms with van der Waals surface area (Å²) in [5.41, 5.74) is 7.28. The Bertz CT molecular complexity index is 5290. The first-order valence-electron chi connectivity index (χ1n) is 34.5. The number of ether oxygens (including phenoxy) is 8. The van der Waals surface area contributed by atoms with Crippen LogP contribution < -0.4 is 18.9 Å². The van der Waals surface area contributed by atoms with E-state index >= 15 is 0 Å². The van der Waals surface area contributed by atoms with Gasteiger partial charge in [-0.3, -0.25) is 32.9 Å². The van der Waals surface area contributed by atoms with E-state index in [1.807, 2.05) is 121 Å². The number of aromatic hydroxyl groups is 1. The zero-order valence-electron chi connectivity index (χ0n) is 62.5. The highest BCUT2D eigenvalue weighted by atomic mass is 16.7. The van der Waals surface area contributed by atoms with Crippen LogP contribution in [-0.4, -0.2) is 101 Å². The SMILES string of the molecule is CC(=O)c1c[nH]c2ccc(OCc3ccccc3)cc12.CC(=O)c1cn(C(=O)OC(C)(C)C)c2ccc(O)cc12.CC(=O)c1cn(C(=O)OC(C)(C)C)c2ccc(OCc3ccccc3)cc12.COCOc1ccc2c(c1)c(C(C)=O)cn2C(=O)OC(C)(C)C.c1ccc(COc2ccc3[nH]ccc3c2)cc1. The van der Waals surface area contributed by atoms with Crippen molar-refractivity contribution in [2.75, 3.05) is 13.9 Å². The van der Waals surface area contributed by atoms with Crippen LogP contribution in [0.15, 0.2) is 219 Å². The van der Waals surface area contributed by atoms with Gasteiger partial charge in [0.05, 0.1) is 16.6 Å². The molecule has 8 aromatic carbocycles. The Morgan fingerprint density at radius 3 is 1.10 bits per heavy atom. The number of benzene rings is 8. The highest BCUT2D eigenvalue weighted by Crippen LogP contribution is 2.32. The number of aromatic amines is 2. The first-order chi connectivity index (χ1) is 50.8. The van der Waals surface area contributed by atoms with Crippen LogP contribution in [0.5, 0.6) is 28.7 Å². The summed E-state index contributed by atoms with van der Waals surface area (Å²) in [5, 5.41) is 13.4. The molecule has 0 aliphatic carbocycles. The van der Waals surface area contributed by atoms with Crippen molar-refractivity contribution in [3.63, 3.8) is 0 Å². The predicted molar refractivity (Wildman–Crippen MR) is 414 cm³/mol. The molecule has 0 radical (unpaired) electrons. The number of phenols is 1. The third-order valence-electron chi connectivity index (χ3n) is 15.9. The molecule has 21 heteroatoms. The van der Waals surface area contributed by atoms with Gasteiger partial charge in [0, 0.05) is 98.3 Å². The molecule has 21 nitrogen and oxygen atoms in total. The van der Waals surface area contributed by atoms with E-state index in [1.54, 1.807) is 118 Å². The van der Waals surface area contributed by atoms with Gasteiger partial charge >= 0.3 is 18.3 Å². The Hall–Kier alpha value is -12.5. The number of nitrogens with zero attached hydrogens (tertiary/aromatic N) is 3. The van der Waals surface area contributed by atoms with Gasteiger partial charge in [-0.25, -0.2) is 14.4 Å². The number of rotatable bonds is 16. The Morgan fingerprint density at radius 2 is 0.720 bits per heavy atom. The Balaban J connectivity index is 0.000000156. The van der Waals surface area contributed by atoms with Gasteiger partial charge in [-0.1, -0.05) is 91.0 Å². The molecule has 0 saturated heterocycles. The molecule has 13 aromatic rings. The molecule has 107 heavy (non-hydrogen) atoms. The average Bonchev–Trinajstić information content (AvgIpc) is 1.64. The Labute approximate surface area is 620 Å². The van der Waals surface area contributed by atoms with E-state index in [4.69, 9.17) is 37.9 Å². The third kappa shape index (κ3) is 21.8. The number of fused-ring (bicyclic) bond motifs is 5. The number of nitrogens with one attached hydrogen (secondary N) is 2. The molecule has 554 valence electrons. The highest BCUT2D eigenvalue weighted by Gasteiger charge is 2.26. The van der Waals surface area contributed by atoms with Crippen molar-refractivity contribution >= 4 is 95.9 Å². The molecule has 0 bridgehead atoms. The fraction of sp³-hybridized carbons (Fsp3) is 0.244. The molecule has 0 atom stereocenters. The number of ketones is 4. The number of hydrogen-bond donors (Lipinski definition) is 3. The van der Waals surface area contributed by atoms with Crippen molar-refractivity contribution < 1.29 is 76.6 Å². The molecule has 0 aliphatic rings. The van der Waals surface area contributed by atoms with E-state index in [-0.39, 0.29) is 35.7 Å². The topological polar surface area (TPSA) is 260 Å². The number of aromatic nitrogens is 5. The summed E-state index contributed by atoms with van der Waals surface area (Å²) in [5.74, 6) is 2.52. The zero-order chi connectivity index (χ0) is 77.3. The summed E-state index contributed by atoms with van der Waals surface area (Å²) in [7, 11) is 1.53. The van der Waals surface area contributed by atoms with Crippen LogP contribution >= 0.6 is 0 Å². The van der Waals surface area contributed by atoms with Crippen LogP contribution in [0.3, 0.4) is 0 Å². The molecule has 0 amide bonds. The van der Waals surface area contributed by atoms with E-state index < -0.39 is 35.1 Å². The second kappa shape index (κ2) is 34.9. The standard InChI is InChI=1S/C22H23NO4.C17H21NO5.C17H15NO2.C15H17NO4.C15H13NO/c1-15(24)19-13-23(21(25)27-22(2,3)4)20-11-10-17(12-18(19)20)26-14-16-8-6-5-7-9-16;1-11(19)14-9-18(16(20)23-17(2,3)4)15-7-6-12(8-13(14)15)22-10-21-5;1-12(19)16-10-18-17-8-7-14(9-15(16)17)20-11-13-5-3-2-4-6-13;1-9(17)12-8-16(14(19)20-15(2,3)4)13-6-5-10(18)7-11(12)13;1-2-4-12(5-3-1)11-17-14-6-7-15-13(10-14)8-9-16-15/h5-13H,14H2,1-4H3;6-9H,10H2,1-5H3;2-10,18H,11H2,1H3;5-8,18H,1-4H3;1-10,16H,11H2. The summed E-state index contributed by atoms with van der Waals surface area (Å²) in [6.07, 6.45) is 6.56. The first-order valence-corrected chi connectivity index (χ1v) is 34.5. The largest absolute Gasteiger partial charge is 0.508 e. The third-order valence-corrected chi connectivity index (χ3v) is 15.9. The van der Waals surface area contributed by atoms with E-state index in [0.29, 0.717) is 86.3 Å². The molecule has 0 unspecified atom stereocenters. The van der Waals surface area contributed by atoms with E-state index in [9.17, 15) is 38.7 Å². The fourth-order valence-electron chi connectivity index (χ4n) is 11.0. The molecule has 13 rings (SSSR count). The Kier molecular flexibility index (Phi) is 25.6. The molecule has 0 fully saturated rings. The van der Waals surface area contributed by atoms with Crippen molar-refractivity contribution in [1.82, 2.24) is 23.7 Å². The first kappa shape index (κ1) is 78.6. The molecule has 0 spiro atoms. The van der Waals surface area contributed by atoms with Crippen LogP contribution in [0.1, 0.15) is 148 Å². The Morgan fingerprint density at radius 1 is 0.374 bits per heavy atom. The minimum atomic E-state index is -0.624. The van der Waals surface area contributed by atoms with Crippen molar-refractivity contribution in [3.05, 3.63) is 258 Å².